The lowest BCUT2D eigenvalue weighted by molar-refractivity contribution is 0.0729. The summed E-state index contributed by atoms with van der Waals surface area (Å²) >= 11 is 1.56. The van der Waals surface area contributed by atoms with E-state index in [1.807, 2.05) is 12.3 Å². The Morgan fingerprint density at radius 3 is 2.88 bits per heavy atom. The van der Waals surface area contributed by atoms with Crippen molar-refractivity contribution in [2.75, 3.05) is 6.79 Å². The Bertz CT molecular complexity index is 953. The number of hydrogen-bond acceptors (Lipinski definition) is 7. The topological polar surface area (TPSA) is 66.9 Å². The summed E-state index contributed by atoms with van der Waals surface area (Å²) in [6.07, 6.45) is 0. The van der Waals surface area contributed by atoms with E-state index in [-0.39, 0.29) is 6.79 Å². The van der Waals surface area contributed by atoms with E-state index in [1.54, 1.807) is 53.8 Å². The number of ether oxygens (including phenoxy) is 4. The second-order valence-electron chi connectivity index (χ2n) is 5.55. The van der Waals surface area contributed by atoms with Gasteiger partial charge in [0.15, 0.2) is 11.5 Å². The van der Waals surface area contributed by atoms with Crippen molar-refractivity contribution in [1.82, 2.24) is 4.98 Å². The van der Waals surface area contributed by atoms with Gasteiger partial charge in [0.05, 0.1) is 10.7 Å². The molecule has 2 aromatic carbocycles. The molecule has 3 aromatic rings. The molecular formula is C19H15NO5S. The van der Waals surface area contributed by atoms with Crippen LogP contribution in [-0.2, 0) is 6.61 Å². The number of para-hydroxylation sites is 1. The Morgan fingerprint density at radius 2 is 2.04 bits per heavy atom. The number of aryl methyl sites for hydroxylation is 1. The van der Waals surface area contributed by atoms with Gasteiger partial charge in [0.2, 0.25) is 6.79 Å². The van der Waals surface area contributed by atoms with Gasteiger partial charge >= 0.3 is 5.97 Å². The van der Waals surface area contributed by atoms with Crippen LogP contribution in [0.2, 0.25) is 0 Å². The van der Waals surface area contributed by atoms with Crippen molar-refractivity contribution in [2.24, 2.45) is 0 Å². The van der Waals surface area contributed by atoms with Crippen LogP contribution < -0.4 is 18.9 Å². The minimum absolute atomic E-state index is 0.166. The summed E-state index contributed by atoms with van der Waals surface area (Å²) in [5, 5.41) is 2.90. The zero-order valence-electron chi connectivity index (χ0n) is 13.9. The van der Waals surface area contributed by atoms with Gasteiger partial charge in [-0.25, -0.2) is 9.78 Å². The quantitative estimate of drug-likeness (QED) is 0.501. The molecule has 26 heavy (non-hydrogen) atoms. The van der Waals surface area contributed by atoms with Crippen LogP contribution in [0.25, 0.3) is 0 Å². The molecule has 1 aliphatic rings. The minimum Gasteiger partial charge on any atom is -0.486 e. The van der Waals surface area contributed by atoms with Crippen molar-refractivity contribution >= 4 is 17.3 Å². The maximum Gasteiger partial charge on any atom is 0.347 e. The molecule has 0 N–H and O–H groups in total. The number of nitrogens with zero attached hydrogens (tertiary/aromatic N) is 1. The second kappa shape index (κ2) is 7.05. The highest BCUT2D eigenvalue weighted by Crippen LogP contribution is 2.35. The molecule has 0 amide bonds. The number of carbonyl (C=O) groups is 1. The number of benzene rings is 2. The molecule has 1 aliphatic heterocycles. The van der Waals surface area contributed by atoms with E-state index in [2.05, 4.69) is 4.98 Å². The molecule has 0 spiro atoms. The van der Waals surface area contributed by atoms with E-state index >= 15 is 0 Å². The molecule has 0 atom stereocenters. The van der Waals surface area contributed by atoms with Gasteiger partial charge in [0.1, 0.15) is 23.7 Å². The zero-order valence-corrected chi connectivity index (χ0v) is 14.7. The number of thiazole rings is 1. The molecule has 0 bridgehead atoms. The van der Waals surface area contributed by atoms with E-state index in [0.29, 0.717) is 35.2 Å². The monoisotopic (exact) mass is 369 g/mol. The van der Waals surface area contributed by atoms with Crippen LogP contribution in [-0.4, -0.2) is 17.7 Å². The first-order valence-corrected chi connectivity index (χ1v) is 8.82. The fourth-order valence-corrected chi connectivity index (χ4v) is 3.09. The fourth-order valence-electron chi connectivity index (χ4n) is 2.49. The summed E-state index contributed by atoms with van der Waals surface area (Å²) in [5.74, 6) is 1.51. The molecular weight excluding hydrogens is 354 g/mol. The van der Waals surface area contributed by atoms with Gasteiger partial charge in [-0.3, -0.25) is 0 Å². The summed E-state index contributed by atoms with van der Waals surface area (Å²) in [6, 6.07) is 12.0. The maximum absolute atomic E-state index is 12.6. The first-order valence-electron chi connectivity index (χ1n) is 7.94. The molecule has 0 unspecified atom stereocenters. The van der Waals surface area contributed by atoms with Crippen molar-refractivity contribution in [3.8, 4) is 23.0 Å². The van der Waals surface area contributed by atoms with E-state index in [1.165, 1.54) is 0 Å². The number of hydrogen-bond donors (Lipinski definition) is 0. The predicted octanol–water partition coefficient (Wildman–Crippen LogP) is 3.98. The largest absolute Gasteiger partial charge is 0.486 e. The van der Waals surface area contributed by atoms with Gasteiger partial charge in [-0.15, -0.1) is 11.3 Å². The second-order valence-corrected chi connectivity index (χ2v) is 6.61. The average molecular weight is 369 g/mol. The van der Waals surface area contributed by atoms with Gasteiger partial charge in [-0.2, -0.15) is 0 Å². The summed E-state index contributed by atoms with van der Waals surface area (Å²) in [7, 11) is 0. The Hall–Kier alpha value is -3.06. The zero-order chi connectivity index (χ0) is 17.9. The van der Waals surface area contributed by atoms with Crippen LogP contribution in [0.4, 0.5) is 0 Å². The molecule has 2 heterocycles. The summed E-state index contributed by atoms with van der Waals surface area (Å²) in [6.45, 7) is 2.39. The van der Waals surface area contributed by atoms with Crippen molar-refractivity contribution in [1.29, 1.82) is 0 Å². The van der Waals surface area contributed by atoms with Crippen molar-refractivity contribution in [3.05, 3.63) is 64.1 Å². The number of esters is 1. The molecule has 0 saturated carbocycles. The van der Waals surface area contributed by atoms with Crippen LogP contribution in [0.5, 0.6) is 23.0 Å². The Labute approximate surface area is 153 Å². The number of fused-ring (bicyclic) bond motifs is 1. The molecule has 132 valence electrons. The molecule has 1 aromatic heterocycles. The smallest absolute Gasteiger partial charge is 0.347 e. The SMILES string of the molecule is Cc1nc(COc2ccccc2C(=O)Oc2ccc3c(c2)OCO3)cs1. The minimum atomic E-state index is -0.506. The van der Waals surface area contributed by atoms with Gasteiger partial charge in [0.25, 0.3) is 0 Å². The third kappa shape index (κ3) is 3.48. The maximum atomic E-state index is 12.6. The Balaban J connectivity index is 1.49. The first kappa shape index (κ1) is 16.4. The predicted molar refractivity (Wildman–Crippen MR) is 95.1 cm³/mol. The van der Waals surface area contributed by atoms with E-state index in [4.69, 9.17) is 18.9 Å². The molecule has 6 nitrogen and oxygen atoms in total. The molecule has 0 saturated heterocycles. The third-order valence-electron chi connectivity index (χ3n) is 3.70. The van der Waals surface area contributed by atoms with Gasteiger partial charge in [-0.05, 0) is 31.2 Å². The van der Waals surface area contributed by atoms with Crippen LogP contribution in [0.1, 0.15) is 21.1 Å². The molecule has 4 rings (SSSR count). The van der Waals surface area contributed by atoms with E-state index < -0.39 is 5.97 Å². The fraction of sp³-hybridized carbons (Fsp3) is 0.158. The Morgan fingerprint density at radius 1 is 1.19 bits per heavy atom. The molecule has 0 radical (unpaired) electrons. The van der Waals surface area contributed by atoms with Crippen LogP contribution >= 0.6 is 11.3 Å². The molecule has 0 aliphatic carbocycles. The van der Waals surface area contributed by atoms with E-state index in [9.17, 15) is 4.79 Å². The highest BCUT2D eigenvalue weighted by Gasteiger charge is 2.18. The van der Waals surface area contributed by atoms with Crippen molar-refractivity contribution < 1.29 is 23.7 Å². The molecule has 0 fully saturated rings. The number of carbonyl (C=O) groups excluding carboxylic acids is 1. The molecule has 7 heteroatoms. The van der Waals surface area contributed by atoms with Crippen LogP contribution in [0.15, 0.2) is 47.8 Å². The van der Waals surface area contributed by atoms with E-state index in [0.717, 1.165) is 10.7 Å². The average Bonchev–Trinajstić information content (AvgIpc) is 3.28. The highest BCUT2D eigenvalue weighted by atomic mass is 32.1. The first-order chi connectivity index (χ1) is 12.7. The summed E-state index contributed by atoms with van der Waals surface area (Å²) in [4.78, 5) is 16.9. The number of aromatic nitrogens is 1. The lowest BCUT2D eigenvalue weighted by Crippen LogP contribution is -2.11. The standard InChI is InChI=1S/C19H15NO5S/c1-12-20-13(10-26-12)9-22-16-5-3-2-4-15(16)19(21)25-14-6-7-17-18(8-14)24-11-23-17/h2-8,10H,9,11H2,1H3. The lowest BCUT2D eigenvalue weighted by Gasteiger charge is -2.10. The normalized spacial score (nSPS) is 12.0. The highest BCUT2D eigenvalue weighted by molar-refractivity contribution is 7.09. The van der Waals surface area contributed by atoms with Crippen LogP contribution in [0.3, 0.4) is 0 Å². The third-order valence-corrected chi connectivity index (χ3v) is 4.53. The van der Waals surface area contributed by atoms with Gasteiger partial charge in [0, 0.05) is 11.4 Å². The number of rotatable bonds is 5. The van der Waals surface area contributed by atoms with Gasteiger partial charge < -0.3 is 18.9 Å². The van der Waals surface area contributed by atoms with Gasteiger partial charge in [-0.1, -0.05) is 12.1 Å². The summed E-state index contributed by atoms with van der Waals surface area (Å²) < 4.78 is 21.8. The lowest BCUT2D eigenvalue weighted by atomic mass is 10.2. The van der Waals surface area contributed by atoms with Crippen LogP contribution in [0, 0.1) is 6.92 Å². The van der Waals surface area contributed by atoms with Crippen molar-refractivity contribution in [3.63, 3.8) is 0 Å². The Kier molecular flexibility index (Phi) is 4.45. The summed E-state index contributed by atoms with van der Waals surface area (Å²) in [5.41, 5.74) is 1.17. The van der Waals surface area contributed by atoms with Crippen molar-refractivity contribution in [2.45, 2.75) is 13.5 Å².